The van der Waals surface area contributed by atoms with Crippen molar-refractivity contribution >= 4 is 5.97 Å². The van der Waals surface area contributed by atoms with Crippen LogP contribution in [0.3, 0.4) is 0 Å². The van der Waals surface area contributed by atoms with Crippen molar-refractivity contribution < 1.29 is 27.4 Å². The van der Waals surface area contributed by atoms with Gasteiger partial charge in [-0.05, 0) is 26.2 Å². The van der Waals surface area contributed by atoms with Crippen LogP contribution in [0.2, 0.25) is 0 Å². The van der Waals surface area contributed by atoms with Crippen molar-refractivity contribution in [1.29, 1.82) is 0 Å². The molecule has 0 N–H and O–H groups in total. The van der Waals surface area contributed by atoms with E-state index in [0.717, 1.165) is 0 Å². The van der Waals surface area contributed by atoms with Gasteiger partial charge >= 0.3 is 12.1 Å². The maximum atomic E-state index is 12.8. The molecule has 1 saturated carbocycles. The zero-order valence-corrected chi connectivity index (χ0v) is 10.4. The lowest BCUT2D eigenvalue weighted by atomic mass is 9.71. The van der Waals surface area contributed by atoms with Crippen molar-refractivity contribution in [2.24, 2.45) is 17.8 Å². The van der Waals surface area contributed by atoms with Gasteiger partial charge in [0.2, 0.25) is 0 Å². The molecule has 0 aromatic heterocycles. The van der Waals surface area contributed by atoms with Crippen molar-refractivity contribution in [2.75, 3.05) is 7.11 Å². The van der Waals surface area contributed by atoms with E-state index >= 15 is 0 Å². The largest absolute Gasteiger partial charge is 0.469 e. The average molecular weight is 266 g/mol. The highest BCUT2D eigenvalue weighted by Crippen LogP contribution is 2.48. The van der Waals surface area contributed by atoms with Gasteiger partial charge in [-0.3, -0.25) is 4.79 Å². The Morgan fingerprint density at radius 3 is 2.50 bits per heavy atom. The van der Waals surface area contributed by atoms with Crippen molar-refractivity contribution in [3.05, 3.63) is 0 Å². The molecular formula is C12H17F3O3. The summed E-state index contributed by atoms with van der Waals surface area (Å²) < 4.78 is 48.6. The van der Waals surface area contributed by atoms with Crippen LogP contribution in [0.5, 0.6) is 0 Å². The molecule has 0 unspecified atom stereocenters. The number of hydrogen-bond acceptors (Lipinski definition) is 3. The minimum absolute atomic E-state index is 0.0357. The third-order valence-corrected chi connectivity index (χ3v) is 4.03. The lowest BCUT2D eigenvalue weighted by Gasteiger charge is -2.36. The summed E-state index contributed by atoms with van der Waals surface area (Å²) in [6.45, 7) is 1.83. The fourth-order valence-corrected chi connectivity index (χ4v) is 3.19. The van der Waals surface area contributed by atoms with Crippen LogP contribution in [0.25, 0.3) is 0 Å². The Morgan fingerprint density at radius 1 is 1.28 bits per heavy atom. The molecule has 1 aliphatic carbocycles. The number of rotatable bonds is 1. The zero-order valence-electron chi connectivity index (χ0n) is 10.4. The van der Waals surface area contributed by atoms with Crippen LogP contribution in [-0.4, -0.2) is 31.5 Å². The van der Waals surface area contributed by atoms with Gasteiger partial charge in [0.25, 0.3) is 0 Å². The Morgan fingerprint density at radius 2 is 1.94 bits per heavy atom. The number of fused-ring (bicyclic) bond motifs is 1. The predicted octanol–water partition coefficient (Wildman–Crippen LogP) is 2.54. The standard InChI is InChI=1S/C12H17F3O3/c1-6-3-8-9(11(16)17-2)4-7(12(13,14)15)5-10(8)18-6/h6-10H,3-5H2,1-2H3/t6-,7-,8-,9+,10-/m0/s1. The molecule has 6 heteroatoms. The number of hydrogen-bond donors (Lipinski definition) is 0. The number of carbonyl (C=O) groups is 1. The average Bonchev–Trinajstić information content (AvgIpc) is 2.65. The van der Waals surface area contributed by atoms with Gasteiger partial charge < -0.3 is 9.47 Å². The van der Waals surface area contributed by atoms with Gasteiger partial charge in [-0.1, -0.05) is 0 Å². The molecule has 1 aliphatic heterocycles. The number of ether oxygens (including phenoxy) is 2. The first-order valence-corrected chi connectivity index (χ1v) is 6.13. The van der Waals surface area contributed by atoms with Gasteiger partial charge in [0, 0.05) is 5.92 Å². The minimum atomic E-state index is -4.27. The fraction of sp³-hybridized carbons (Fsp3) is 0.917. The molecule has 1 heterocycles. The van der Waals surface area contributed by atoms with Crippen LogP contribution in [0.4, 0.5) is 13.2 Å². The van der Waals surface area contributed by atoms with Gasteiger partial charge in [-0.15, -0.1) is 0 Å². The molecule has 0 amide bonds. The molecular weight excluding hydrogens is 249 g/mol. The minimum Gasteiger partial charge on any atom is -0.469 e. The lowest BCUT2D eigenvalue weighted by molar-refractivity contribution is -0.202. The number of carbonyl (C=O) groups excluding carboxylic acids is 1. The van der Waals surface area contributed by atoms with Crippen molar-refractivity contribution in [2.45, 2.75) is 44.6 Å². The molecule has 0 bridgehead atoms. The maximum Gasteiger partial charge on any atom is 0.391 e. The van der Waals surface area contributed by atoms with E-state index in [0.29, 0.717) is 6.42 Å². The molecule has 1 saturated heterocycles. The van der Waals surface area contributed by atoms with Crippen molar-refractivity contribution in [1.82, 2.24) is 0 Å². The number of methoxy groups -OCH3 is 1. The van der Waals surface area contributed by atoms with E-state index < -0.39 is 30.1 Å². The van der Waals surface area contributed by atoms with Crippen LogP contribution in [0.15, 0.2) is 0 Å². The monoisotopic (exact) mass is 266 g/mol. The van der Waals surface area contributed by atoms with E-state index in [-0.39, 0.29) is 24.9 Å². The molecule has 104 valence electrons. The number of halogens is 3. The zero-order chi connectivity index (χ0) is 13.5. The predicted molar refractivity (Wildman–Crippen MR) is 56.7 cm³/mol. The third kappa shape index (κ3) is 2.48. The van der Waals surface area contributed by atoms with E-state index in [4.69, 9.17) is 4.74 Å². The van der Waals surface area contributed by atoms with E-state index in [1.807, 2.05) is 6.92 Å². The van der Waals surface area contributed by atoms with Crippen LogP contribution in [0.1, 0.15) is 26.2 Å². The summed E-state index contributed by atoms with van der Waals surface area (Å²) in [4.78, 5) is 11.6. The van der Waals surface area contributed by atoms with Crippen molar-refractivity contribution in [3.63, 3.8) is 0 Å². The molecule has 2 fully saturated rings. The molecule has 3 nitrogen and oxygen atoms in total. The Hall–Kier alpha value is -0.780. The third-order valence-electron chi connectivity index (χ3n) is 4.03. The van der Waals surface area contributed by atoms with E-state index in [1.54, 1.807) is 0 Å². The second-order valence-corrected chi connectivity index (χ2v) is 5.22. The van der Waals surface area contributed by atoms with Crippen LogP contribution >= 0.6 is 0 Å². The van der Waals surface area contributed by atoms with E-state index in [1.165, 1.54) is 7.11 Å². The molecule has 5 atom stereocenters. The smallest absolute Gasteiger partial charge is 0.391 e. The van der Waals surface area contributed by atoms with Crippen LogP contribution in [0, 0.1) is 17.8 Å². The SMILES string of the molecule is COC(=O)[C@@H]1C[C@H](C(F)(F)F)C[C@@H]2O[C@@H](C)C[C@H]21. The Kier molecular flexibility index (Phi) is 3.58. The van der Waals surface area contributed by atoms with E-state index in [9.17, 15) is 18.0 Å². The van der Waals surface area contributed by atoms with Crippen LogP contribution < -0.4 is 0 Å². The molecule has 2 rings (SSSR count). The van der Waals surface area contributed by atoms with Gasteiger partial charge in [-0.2, -0.15) is 13.2 Å². The second kappa shape index (κ2) is 4.72. The summed E-state index contributed by atoms with van der Waals surface area (Å²) in [5.41, 5.74) is 0. The molecule has 0 radical (unpaired) electrons. The van der Waals surface area contributed by atoms with E-state index in [2.05, 4.69) is 4.74 Å². The molecule has 0 spiro atoms. The first kappa shape index (κ1) is 13.6. The summed E-state index contributed by atoms with van der Waals surface area (Å²) in [5, 5.41) is 0. The topological polar surface area (TPSA) is 35.5 Å². The Balaban J connectivity index is 2.18. The maximum absolute atomic E-state index is 12.8. The van der Waals surface area contributed by atoms with Gasteiger partial charge in [-0.25, -0.2) is 0 Å². The molecule has 0 aromatic carbocycles. The quantitative estimate of drug-likeness (QED) is 0.684. The number of alkyl halides is 3. The summed E-state index contributed by atoms with van der Waals surface area (Å²) in [6.07, 6.45) is -4.40. The molecule has 2 aliphatic rings. The highest BCUT2D eigenvalue weighted by Gasteiger charge is 2.53. The first-order valence-electron chi connectivity index (χ1n) is 6.13. The Labute approximate surface area is 104 Å². The van der Waals surface area contributed by atoms with Gasteiger partial charge in [0.15, 0.2) is 0 Å². The summed E-state index contributed by atoms with van der Waals surface area (Å²) >= 11 is 0. The second-order valence-electron chi connectivity index (χ2n) is 5.22. The molecule has 0 aromatic rings. The highest BCUT2D eigenvalue weighted by atomic mass is 19.4. The van der Waals surface area contributed by atoms with Gasteiger partial charge in [0.1, 0.15) is 0 Å². The normalized spacial score (nSPS) is 40.4. The van der Waals surface area contributed by atoms with Crippen molar-refractivity contribution in [3.8, 4) is 0 Å². The highest BCUT2D eigenvalue weighted by molar-refractivity contribution is 5.73. The first-order chi connectivity index (χ1) is 8.32. The Bertz CT molecular complexity index is 329. The summed E-state index contributed by atoms with van der Waals surface area (Å²) in [7, 11) is 1.22. The molecule has 18 heavy (non-hydrogen) atoms. The fourth-order valence-electron chi connectivity index (χ4n) is 3.19. The number of esters is 1. The lowest BCUT2D eigenvalue weighted by Crippen LogP contribution is -2.42. The van der Waals surface area contributed by atoms with Crippen LogP contribution in [-0.2, 0) is 14.3 Å². The summed E-state index contributed by atoms with van der Waals surface area (Å²) in [6, 6.07) is 0. The summed E-state index contributed by atoms with van der Waals surface area (Å²) in [5.74, 6) is -2.83. The van der Waals surface area contributed by atoms with Gasteiger partial charge in [0.05, 0.1) is 31.2 Å².